The third-order valence-corrected chi connectivity index (χ3v) is 4.51. The van der Waals surface area contributed by atoms with Gasteiger partial charge in [0, 0.05) is 23.7 Å². The van der Waals surface area contributed by atoms with E-state index >= 15 is 0 Å². The van der Waals surface area contributed by atoms with Crippen molar-refractivity contribution < 1.29 is 4.79 Å². The minimum absolute atomic E-state index is 0.0744. The first-order chi connectivity index (χ1) is 12.0. The number of aromatic nitrogens is 3. The summed E-state index contributed by atoms with van der Waals surface area (Å²) >= 11 is 6.00. The Bertz CT molecular complexity index is 898. The van der Waals surface area contributed by atoms with E-state index in [1.807, 2.05) is 62.1 Å². The summed E-state index contributed by atoms with van der Waals surface area (Å²) in [6, 6.07) is 11.3. The molecule has 0 aliphatic rings. The van der Waals surface area contributed by atoms with Crippen molar-refractivity contribution in [3.8, 4) is 11.3 Å². The second-order valence-electron chi connectivity index (χ2n) is 5.90. The van der Waals surface area contributed by atoms with E-state index in [4.69, 9.17) is 16.6 Å². The van der Waals surface area contributed by atoms with Gasteiger partial charge in [-0.05, 0) is 45.0 Å². The summed E-state index contributed by atoms with van der Waals surface area (Å²) in [5.74, 6) is 0.0744. The summed E-state index contributed by atoms with van der Waals surface area (Å²) in [7, 11) is 0. The molecule has 5 nitrogen and oxygen atoms in total. The number of fused-ring (bicyclic) bond motifs is 1. The van der Waals surface area contributed by atoms with Crippen LogP contribution in [-0.2, 0) is 11.2 Å². The Morgan fingerprint density at radius 2 is 1.80 bits per heavy atom. The first kappa shape index (κ1) is 17.4. The number of benzene rings is 1. The largest absolute Gasteiger partial charge is 0.343 e. The molecule has 0 radical (unpaired) electrons. The quantitative estimate of drug-likeness (QED) is 0.699. The fourth-order valence-corrected chi connectivity index (χ4v) is 3.03. The van der Waals surface area contributed by atoms with Gasteiger partial charge in [-0.25, -0.2) is 9.50 Å². The zero-order valence-electron chi connectivity index (χ0n) is 14.7. The maximum Gasteiger partial charge on any atom is 0.228 e. The van der Waals surface area contributed by atoms with Crippen molar-refractivity contribution in [2.75, 3.05) is 13.1 Å². The summed E-state index contributed by atoms with van der Waals surface area (Å²) in [6.07, 6.45) is 0.261. The maximum atomic E-state index is 12.7. The van der Waals surface area contributed by atoms with Gasteiger partial charge in [-0.2, -0.15) is 5.10 Å². The van der Waals surface area contributed by atoms with Crippen LogP contribution in [0.2, 0.25) is 5.02 Å². The minimum Gasteiger partial charge on any atom is -0.343 e. The summed E-state index contributed by atoms with van der Waals surface area (Å²) in [5, 5.41) is 5.23. The van der Waals surface area contributed by atoms with Crippen LogP contribution in [0.25, 0.3) is 16.9 Å². The molecular weight excluding hydrogens is 336 g/mol. The zero-order chi connectivity index (χ0) is 18.0. The lowest BCUT2D eigenvalue weighted by molar-refractivity contribution is -0.130. The van der Waals surface area contributed by atoms with E-state index in [1.54, 1.807) is 4.52 Å². The number of nitrogens with zero attached hydrogens (tertiary/aromatic N) is 4. The van der Waals surface area contributed by atoms with Crippen LogP contribution in [0.4, 0.5) is 0 Å². The van der Waals surface area contributed by atoms with Crippen molar-refractivity contribution >= 4 is 23.2 Å². The molecular formula is C19H21ClN4O. The van der Waals surface area contributed by atoms with Crippen LogP contribution in [-0.4, -0.2) is 38.5 Å². The van der Waals surface area contributed by atoms with Gasteiger partial charge >= 0.3 is 0 Å². The average Bonchev–Trinajstić information content (AvgIpc) is 2.94. The summed E-state index contributed by atoms with van der Waals surface area (Å²) in [6.45, 7) is 7.28. The number of hydrogen-bond acceptors (Lipinski definition) is 3. The van der Waals surface area contributed by atoms with Crippen LogP contribution in [0.1, 0.15) is 25.2 Å². The zero-order valence-corrected chi connectivity index (χ0v) is 15.4. The second-order valence-corrected chi connectivity index (χ2v) is 6.34. The molecule has 2 aromatic heterocycles. The molecule has 25 heavy (non-hydrogen) atoms. The van der Waals surface area contributed by atoms with Gasteiger partial charge in [0.25, 0.3) is 0 Å². The number of aryl methyl sites for hydroxylation is 1. The molecule has 0 fully saturated rings. The molecule has 0 unspecified atom stereocenters. The highest BCUT2D eigenvalue weighted by molar-refractivity contribution is 6.30. The fourth-order valence-electron chi connectivity index (χ4n) is 2.90. The minimum atomic E-state index is 0.0744. The van der Waals surface area contributed by atoms with Gasteiger partial charge in [0.05, 0.1) is 23.5 Å². The van der Waals surface area contributed by atoms with Crippen LogP contribution < -0.4 is 0 Å². The van der Waals surface area contributed by atoms with Gasteiger partial charge in [0.15, 0.2) is 5.65 Å². The summed E-state index contributed by atoms with van der Waals surface area (Å²) in [5.41, 5.74) is 4.12. The molecule has 0 bridgehead atoms. The molecule has 0 atom stereocenters. The second kappa shape index (κ2) is 7.23. The summed E-state index contributed by atoms with van der Waals surface area (Å²) in [4.78, 5) is 19.2. The highest BCUT2D eigenvalue weighted by Gasteiger charge is 2.20. The topological polar surface area (TPSA) is 50.5 Å². The van der Waals surface area contributed by atoms with Gasteiger partial charge in [0.1, 0.15) is 0 Å². The molecule has 3 aromatic rings. The standard InChI is InChI=1S/C19H21ClN4O/c1-4-23(5-2)18(25)12-16-19(14-7-9-15(20)10-8-14)21-17-11-6-13(3)22-24(16)17/h6-11H,4-5,12H2,1-3H3. The molecule has 0 aliphatic heterocycles. The Morgan fingerprint density at radius 1 is 1.12 bits per heavy atom. The molecule has 2 heterocycles. The van der Waals surface area contributed by atoms with Crippen LogP contribution >= 0.6 is 11.6 Å². The van der Waals surface area contributed by atoms with Crippen molar-refractivity contribution in [1.29, 1.82) is 0 Å². The molecule has 6 heteroatoms. The van der Waals surface area contributed by atoms with Gasteiger partial charge in [-0.1, -0.05) is 23.7 Å². The molecule has 3 rings (SSSR count). The first-order valence-corrected chi connectivity index (χ1v) is 8.80. The Labute approximate surface area is 152 Å². The Balaban J connectivity index is 2.12. The van der Waals surface area contributed by atoms with Crippen molar-refractivity contribution in [3.05, 3.63) is 52.8 Å². The van der Waals surface area contributed by atoms with E-state index in [2.05, 4.69) is 5.10 Å². The first-order valence-electron chi connectivity index (χ1n) is 8.42. The molecule has 0 spiro atoms. The maximum absolute atomic E-state index is 12.7. The lowest BCUT2D eigenvalue weighted by Crippen LogP contribution is -2.32. The SMILES string of the molecule is CCN(CC)C(=O)Cc1c(-c2ccc(Cl)cc2)nc2ccc(C)nn12. The van der Waals surface area contributed by atoms with Crippen LogP contribution in [0, 0.1) is 6.92 Å². The van der Waals surface area contributed by atoms with E-state index in [-0.39, 0.29) is 12.3 Å². The third kappa shape index (κ3) is 3.51. The number of rotatable bonds is 5. The number of amides is 1. The van der Waals surface area contributed by atoms with E-state index in [1.165, 1.54) is 0 Å². The molecule has 0 N–H and O–H groups in total. The van der Waals surface area contributed by atoms with Crippen molar-refractivity contribution in [1.82, 2.24) is 19.5 Å². The van der Waals surface area contributed by atoms with E-state index in [0.717, 1.165) is 28.3 Å². The predicted molar refractivity (Wildman–Crippen MR) is 99.8 cm³/mol. The predicted octanol–water partition coefficient (Wildman–Crippen LogP) is 3.77. The fraction of sp³-hybridized carbons (Fsp3) is 0.316. The van der Waals surface area contributed by atoms with Crippen molar-refractivity contribution in [2.45, 2.75) is 27.2 Å². The highest BCUT2D eigenvalue weighted by atomic mass is 35.5. The molecule has 0 saturated heterocycles. The number of halogens is 1. The lowest BCUT2D eigenvalue weighted by atomic mass is 10.1. The van der Waals surface area contributed by atoms with E-state index in [0.29, 0.717) is 18.1 Å². The number of carbonyl (C=O) groups excluding carboxylic acids is 1. The molecule has 130 valence electrons. The lowest BCUT2D eigenvalue weighted by Gasteiger charge is -2.18. The highest BCUT2D eigenvalue weighted by Crippen LogP contribution is 2.26. The van der Waals surface area contributed by atoms with E-state index in [9.17, 15) is 4.79 Å². The number of likely N-dealkylation sites (N-methyl/N-ethyl adjacent to an activating group) is 1. The van der Waals surface area contributed by atoms with Crippen LogP contribution in [0.15, 0.2) is 36.4 Å². The number of imidazole rings is 1. The van der Waals surface area contributed by atoms with Crippen molar-refractivity contribution in [3.63, 3.8) is 0 Å². The molecule has 0 aliphatic carbocycles. The Kier molecular flexibility index (Phi) is 5.04. The number of carbonyl (C=O) groups is 1. The van der Waals surface area contributed by atoms with E-state index < -0.39 is 0 Å². The molecule has 1 aromatic carbocycles. The van der Waals surface area contributed by atoms with Gasteiger partial charge in [-0.15, -0.1) is 0 Å². The monoisotopic (exact) mass is 356 g/mol. The average molecular weight is 357 g/mol. The molecule has 1 amide bonds. The smallest absolute Gasteiger partial charge is 0.228 e. The normalized spacial score (nSPS) is 11.0. The third-order valence-electron chi connectivity index (χ3n) is 4.26. The number of hydrogen-bond donors (Lipinski definition) is 0. The van der Waals surface area contributed by atoms with Crippen LogP contribution in [0.5, 0.6) is 0 Å². The molecule has 0 saturated carbocycles. The van der Waals surface area contributed by atoms with Gasteiger partial charge < -0.3 is 4.90 Å². The van der Waals surface area contributed by atoms with Gasteiger partial charge in [-0.3, -0.25) is 4.79 Å². The van der Waals surface area contributed by atoms with Gasteiger partial charge in [0.2, 0.25) is 5.91 Å². The van der Waals surface area contributed by atoms with Crippen LogP contribution in [0.3, 0.4) is 0 Å². The summed E-state index contributed by atoms with van der Waals surface area (Å²) < 4.78 is 1.78. The Morgan fingerprint density at radius 3 is 2.44 bits per heavy atom. The van der Waals surface area contributed by atoms with Crippen molar-refractivity contribution in [2.24, 2.45) is 0 Å². The Hall–Kier alpha value is -2.40.